The van der Waals surface area contributed by atoms with Crippen molar-refractivity contribution in [3.63, 3.8) is 0 Å². The number of methoxy groups -OCH3 is 1. The zero-order valence-electron chi connectivity index (χ0n) is 19.0. The van der Waals surface area contributed by atoms with Gasteiger partial charge < -0.3 is 14.8 Å². The van der Waals surface area contributed by atoms with Crippen LogP contribution < -0.4 is 19.1 Å². The van der Waals surface area contributed by atoms with Crippen LogP contribution in [0.4, 0.5) is 5.69 Å². The normalized spacial score (nSPS) is 12.7. The van der Waals surface area contributed by atoms with E-state index in [1.165, 1.54) is 7.11 Å². The highest BCUT2D eigenvalue weighted by Crippen LogP contribution is 2.30. The summed E-state index contributed by atoms with van der Waals surface area (Å²) < 4.78 is 36.9. The van der Waals surface area contributed by atoms with Crippen LogP contribution in [0.1, 0.15) is 33.3 Å². The number of carbonyl (C=O) groups is 1. The van der Waals surface area contributed by atoms with Crippen LogP contribution in [0.15, 0.2) is 48.5 Å². The molecule has 1 amide bonds. The highest BCUT2D eigenvalue weighted by atomic mass is 32.2. The van der Waals surface area contributed by atoms with Gasteiger partial charge in [0.05, 0.1) is 25.6 Å². The molecular formula is C23H32N2O5S. The first-order chi connectivity index (χ1) is 14.4. The molecule has 0 saturated carbocycles. The Morgan fingerprint density at radius 2 is 1.81 bits per heavy atom. The largest absolute Gasteiger partial charge is 0.497 e. The Morgan fingerprint density at radius 3 is 2.42 bits per heavy atom. The highest BCUT2D eigenvalue weighted by molar-refractivity contribution is 7.92. The number of carbonyl (C=O) groups excluding carboxylic acids is 1. The second-order valence-electron chi connectivity index (χ2n) is 8.32. The predicted octanol–water partition coefficient (Wildman–Crippen LogP) is 3.34. The van der Waals surface area contributed by atoms with E-state index in [1.807, 2.05) is 24.3 Å². The van der Waals surface area contributed by atoms with Crippen LogP contribution in [0, 0.1) is 0 Å². The van der Waals surface area contributed by atoms with Crippen molar-refractivity contribution < 1.29 is 22.7 Å². The molecule has 7 nitrogen and oxygen atoms in total. The zero-order valence-corrected chi connectivity index (χ0v) is 19.8. The molecule has 0 unspecified atom stereocenters. The monoisotopic (exact) mass is 448 g/mol. The van der Waals surface area contributed by atoms with Crippen LogP contribution in [-0.4, -0.2) is 46.9 Å². The van der Waals surface area contributed by atoms with E-state index in [1.54, 1.807) is 31.2 Å². The minimum Gasteiger partial charge on any atom is -0.497 e. The lowest BCUT2D eigenvalue weighted by molar-refractivity contribution is -0.121. The first-order valence-corrected chi connectivity index (χ1v) is 11.9. The van der Waals surface area contributed by atoms with Gasteiger partial charge in [-0.3, -0.25) is 9.10 Å². The third-order valence-electron chi connectivity index (χ3n) is 4.75. The fourth-order valence-electron chi connectivity index (χ4n) is 3.25. The fraction of sp³-hybridized carbons (Fsp3) is 0.435. The van der Waals surface area contributed by atoms with Gasteiger partial charge in [0, 0.05) is 6.07 Å². The Bertz CT molecular complexity index is 999. The molecule has 0 aromatic heterocycles. The molecule has 2 rings (SSSR count). The minimum atomic E-state index is -3.70. The molecule has 0 radical (unpaired) electrons. The van der Waals surface area contributed by atoms with Gasteiger partial charge in [-0.25, -0.2) is 8.42 Å². The summed E-state index contributed by atoms with van der Waals surface area (Å²) in [5, 5.41) is 2.76. The van der Waals surface area contributed by atoms with Crippen molar-refractivity contribution in [2.45, 2.75) is 39.2 Å². The number of ether oxygens (including phenoxy) is 2. The molecule has 8 heteroatoms. The van der Waals surface area contributed by atoms with Crippen molar-refractivity contribution in [1.29, 1.82) is 0 Å². The van der Waals surface area contributed by atoms with E-state index < -0.39 is 22.0 Å². The van der Waals surface area contributed by atoms with Gasteiger partial charge in [0.1, 0.15) is 24.1 Å². The third kappa shape index (κ3) is 6.62. The number of nitrogens with zero attached hydrogens (tertiary/aromatic N) is 1. The summed E-state index contributed by atoms with van der Waals surface area (Å²) in [7, 11) is -2.20. The lowest BCUT2D eigenvalue weighted by Crippen LogP contribution is -2.48. The van der Waals surface area contributed by atoms with Crippen molar-refractivity contribution in [2.24, 2.45) is 0 Å². The van der Waals surface area contributed by atoms with Crippen LogP contribution in [0.25, 0.3) is 0 Å². The van der Waals surface area contributed by atoms with E-state index in [0.717, 1.165) is 21.9 Å². The van der Waals surface area contributed by atoms with Crippen molar-refractivity contribution >= 4 is 21.6 Å². The van der Waals surface area contributed by atoms with Gasteiger partial charge in [0.15, 0.2) is 0 Å². The van der Waals surface area contributed by atoms with Crippen molar-refractivity contribution in [3.05, 3.63) is 54.1 Å². The van der Waals surface area contributed by atoms with E-state index >= 15 is 0 Å². The summed E-state index contributed by atoms with van der Waals surface area (Å²) in [5.74, 6) is 0.858. The summed E-state index contributed by atoms with van der Waals surface area (Å²) >= 11 is 0. The molecule has 0 heterocycles. The minimum absolute atomic E-state index is 0.0684. The predicted molar refractivity (Wildman–Crippen MR) is 123 cm³/mol. The number of benzene rings is 2. The number of hydrogen-bond donors (Lipinski definition) is 1. The maximum absolute atomic E-state index is 12.7. The maximum atomic E-state index is 12.7. The van der Waals surface area contributed by atoms with Gasteiger partial charge in [-0.1, -0.05) is 45.0 Å². The van der Waals surface area contributed by atoms with Crippen molar-refractivity contribution in [2.75, 3.05) is 30.8 Å². The SMILES string of the molecule is COc1cccc(N([C@@H](C)C(=O)NCCOc2ccccc2C(C)(C)C)S(C)(=O)=O)c1. The molecule has 1 atom stereocenters. The Labute approximate surface area is 185 Å². The summed E-state index contributed by atoms with van der Waals surface area (Å²) in [6.45, 7) is 8.39. The van der Waals surface area contributed by atoms with E-state index in [0.29, 0.717) is 11.4 Å². The number of nitrogens with one attached hydrogen (secondary N) is 1. The topological polar surface area (TPSA) is 84.9 Å². The first-order valence-electron chi connectivity index (χ1n) is 10.1. The average Bonchev–Trinajstić information content (AvgIpc) is 2.69. The quantitative estimate of drug-likeness (QED) is 0.595. The van der Waals surface area contributed by atoms with Crippen LogP contribution in [0.2, 0.25) is 0 Å². The Hall–Kier alpha value is -2.74. The average molecular weight is 449 g/mol. The van der Waals surface area contributed by atoms with Gasteiger partial charge in [-0.15, -0.1) is 0 Å². The first kappa shape index (κ1) is 24.5. The molecule has 0 spiro atoms. The van der Waals surface area contributed by atoms with E-state index in [2.05, 4.69) is 26.1 Å². The molecule has 0 aliphatic heterocycles. The molecule has 0 aliphatic carbocycles. The Balaban J connectivity index is 2.04. The fourth-order valence-corrected chi connectivity index (χ4v) is 4.42. The second-order valence-corrected chi connectivity index (χ2v) is 10.2. The number of hydrogen-bond acceptors (Lipinski definition) is 5. The Kier molecular flexibility index (Phi) is 7.95. The summed E-state index contributed by atoms with van der Waals surface area (Å²) in [5.41, 5.74) is 1.37. The van der Waals surface area contributed by atoms with Crippen LogP contribution in [0.3, 0.4) is 0 Å². The van der Waals surface area contributed by atoms with E-state index in [9.17, 15) is 13.2 Å². The molecular weight excluding hydrogens is 416 g/mol. The molecule has 0 aliphatic rings. The lowest BCUT2D eigenvalue weighted by Gasteiger charge is -2.28. The number of sulfonamides is 1. The number of para-hydroxylation sites is 1. The molecule has 0 bridgehead atoms. The zero-order chi connectivity index (χ0) is 23.2. The molecule has 0 fully saturated rings. The summed E-state index contributed by atoms with van der Waals surface area (Å²) in [4.78, 5) is 12.7. The highest BCUT2D eigenvalue weighted by Gasteiger charge is 2.29. The van der Waals surface area contributed by atoms with Gasteiger partial charge in [-0.2, -0.15) is 0 Å². The molecule has 2 aromatic rings. The second kappa shape index (κ2) is 10.0. The maximum Gasteiger partial charge on any atom is 0.243 e. The number of amides is 1. The third-order valence-corrected chi connectivity index (χ3v) is 5.99. The van der Waals surface area contributed by atoms with E-state index in [-0.39, 0.29) is 18.6 Å². The Morgan fingerprint density at radius 1 is 1.13 bits per heavy atom. The van der Waals surface area contributed by atoms with E-state index in [4.69, 9.17) is 9.47 Å². The molecule has 170 valence electrons. The molecule has 31 heavy (non-hydrogen) atoms. The molecule has 1 N–H and O–H groups in total. The molecule has 2 aromatic carbocycles. The summed E-state index contributed by atoms with van der Waals surface area (Å²) in [6, 6.07) is 13.5. The van der Waals surface area contributed by atoms with Crippen LogP contribution in [0.5, 0.6) is 11.5 Å². The smallest absolute Gasteiger partial charge is 0.243 e. The van der Waals surface area contributed by atoms with Gasteiger partial charge in [0.2, 0.25) is 15.9 Å². The van der Waals surface area contributed by atoms with Crippen molar-refractivity contribution in [3.8, 4) is 11.5 Å². The van der Waals surface area contributed by atoms with Crippen molar-refractivity contribution in [1.82, 2.24) is 5.32 Å². The van der Waals surface area contributed by atoms with Gasteiger partial charge in [0.25, 0.3) is 0 Å². The summed E-state index contributed by atoms with van der Waals surface area (Å²) in [6.07, 6.45) is 1.07. The van der Waals surface area contributed by atoms with Gasteiger partial charge in [-0.05, 0) is 36.1 Å². The van der Waals surface area contributed by atoms with Crippen LogP contribution in [-0.2, 0) is 20.2 Å². The molecule has 0 saturated heterocycles. The lowest BCUT2D eigenvalue weighted by atomic mass is 9.86. The number of rotatable bonds is 9. The van der Waals surface area contributed by atoms with Crippen LogP contribution >= 0.6 is 0 Å². The van der Waals surface area contributed by atoms with Gasteiger partial charge >= 0.3 is 0 Å². The number of anilines is 1. The standard InChI is InChI=1S/C23H32N2O5S/c1-17(25(31(6,27)28)18-10-9-11-19(16-18)29-5)22(26)24-14-15-30-21-13-8-7-12-20(21)23(2,3)4/h7-13,16-17H,14-15H2,1-6H3,(H,24,26)/t17-/m0/s1.